The number of halogens is 1. The van der Waals surface area contributed by atoms with Crippen molar-refractivity contribution in [3.8, 4) is 0 Å². The summed E-state index contributed by atoms with van der Waals surface area (Å²) in [7, 11) is 0. The largest absolute Gasteiger partial charge is 0.271 e. The number of nitrogens with zero attached hydrogens (tertiary/aromatic N) is 2. The molecule has 1 aromatic carbocycles. The van der Waals surface area contributed by atoms with Crippen molar-refractivity contribution in [2.45, 2.75) is 46.2 Å². The van der Waals surface area contributed by atoms with E-state index in [0.29, 0.717) is 12.0 Å². The summed E-state index contributed by atoms with van der Waals surface area (Å²) in [4.78, 5) is 0. The van der Waals surface area contributed by atoms with Crippen molar-refractivity contribution in [3.63, 3.8) is 0 Å². The number of nitrogens with one attached hydrogen (secondary N) is 1. The zero-order chi connectivity index (χ0) is 15.4. The summed E-state index contributed by atoms with van der Waals surface area (Å²) in [5.41, 5.74) is 6.45. The smallest absolute Gasteiger partial charge is 0.126 e. The monoisotopic (exact) mass is 290 g/mol. The van der Waals surface area contributed by atoms with Crippen molar-refractivity contribution in [1.29, 1.82) is 0 Å². The molecule has 0 saturated heterocycles. The molecule has 0 spiro atoms. The van der Waals surface area contributed by atoms with Gasteiger partial charge in [-0.25, -0.2) is 4.39 Å². The molecule has 1 heterocycles. The minimum atomic E-state index is -0.203. The Balaban J connectivity index is 2.26. The Hall–Kier alpha value is -1.72. The van der Waals surface area contributed by atoms with E-state index in [-0.39, 0.29) is 11.9 Å². The molecule has 5 heteroatoms. The molecule has 0 fully saturated rings. The maximum atomic E-state index is 13.7. The molecule has 3 N–H and O–H groups in total. The lowest BCUT2D eigenvalue weighted by Crippen LogP contribution is -2.30. The third kappa shape index (κ3) is 3.49. The number of benzene rings is 1. The number of hydrogen-bond donors (Lipinski definition) is 2. The zero-order valence-corrected chi connectivity index (χ0v) is 12.9. The first-order valence-corrected chi connectivity index (χ1v) is 7.36. The van der Waals surface area contributed by atoms with Gasteiger partial charge in [0.2, 0.25) is 0 Å². The molecule has 1 unspecified atom stereocenters. The predicted molar refractivity (Wildman–Crippen MR) is 82.2 cm³/mol. The second-order valence-electron chi connectivity index (χ2n) is 5.23. The normalized spacial score (nSPS) is 12.6. The topological polar surface area (TPSA) is 55.9 Å². The molecule has 0 bridgehead atoms. The van der Waals surface area contributed by atoms with Gasteiger partial charge >= 0.3 is 0 Å². The Bertz CT molecular complexity index is 606. The van der Waals surface area contributed by atoms with Crippen molar-refractivity contribution in [2.75, 3.05) is 0 Å². The van der Waals surface area contributed by atoms with E-state index in [1.807, 2.05) is 10.7 Å². The lowest BCUT2D eigenvalue weighted by Gasteiger charge is -2.17. The molecular weight excluding hydrogens is 267 g/mol. The fourth-order valence-electron chi connectivity index (χ4n) is 2.43. The minimum Gasteiger partial charge on any atom is -0.271 e. The van der Waals surface area contributed by atoms with Gasteiger partial charge in [0.25, 0.3) is 0 Å². The molecule has 21 heavy (non-hydrogen) atoms. The van der Waals surface area contributed by atoms with Crippen LogP contribution in [0.15, 0.2) is 24.3 Å². The Kier molecular flexibility index (Phi) is 5.09. The maximum Gasteiger partial charge on any atom is 0.126 e. The van der Waals surface area contributed by atoms with Crippen LogP contribution in [0.5, 0.6) is 0 Å². The van der Waals surface area contributed by atoms with Crippen LogP contribution in [0.3, 0.4) is 0 Å². The van der Waals surface area contributed by atoms with Crippen LogP contribution < -0.4 is 11.3 Å². The second-order valence-corrected chi connectivity index (χ2v) is 5.23. The number of aryl methyl sites for hydroxylation is 3. The Morgan fingerprint density at radius 3 is 2.67 bits per heavy atom. The van der Waals surface area contributed by atoms with Crippen molar-refractivity contribution < 1.29 is 4.39 Å². The van der Waals surface area contributed by atoms with E-state index in [1.54, 1.807) is 19.1 Å². The van der Waals surface area contributed by atoms with E-state index in [1.165, 1.54) is 0 Å². The fourth-order valence-corrected chi connectivity index (χ4v) is 2.43. The number of nitrogens with two attached hydrogens (primary N) is 1. The highest BCUT2D eigenvalue weighted by Crippen LogP contribution is 2.21. The van der Waals surface area contributed by atoms with Gasteiger partial charge in [-0.05, 0) is 43.5 Å². The van der Waals surface area contributed by atoms with Gasteiger partial charge in [-0.15, -0.1) is 0 Å². The Morgan fingerprint density at radius 1 is 1.33 bits per heavy atom. The molecule has 2 rings (SSSR count). The molecule has 0 amide bonds. The van der Waals surface area contributed by atoms with Crippen molar-refractivity contribution in [3.05, 3.63) is 52.6 Å². The Morgan fingerprint density at radius 2 is 2.10 bits per heavy atom. The van der Waals surface area contributed by atoms with Gasteiger partial charge in [-0.2, -0.15) is 5.10 Å². The lowest BCUT2D eigenvalue weighted by atomic mass is 10.0. The van der Waals surface area contributed by atoms with Crippen LogP contribution in [-0.2, 0) is 19.4 Å². The van der Waals surface area contributed by atoms with Crippen molar-refractivity contribution in [1.82, 2.24) is 15.2 Å². The van der Waals surface area contributed by atoms with E-state index in [2.05, 4.69) is 30.4 Å². The van der Waals surface area contributed by atoms with Gasteiger partial charge in [0.15, 0.2) is 0 Å². The molecule has 4 nitrogen and oxygen atoms in total. The lowest BCUT2D eigenvalue weighted by molar-refractivity contribution is 0.512. The first kappa shape index (κ1) is 15.7. The van der Waals surface area contributed by atoms with Crippen LogP contribution in [0.4, 0.5) is 4.39 Å². The summed E-state index contributed by atoms with van der Waals surface area (Å²) in [5, 5.41) is 4.53. The number of aromatic nitrogens is 2. The third-order valence-electron chi connectivity index (χ3n) is 3.79. The Labute approximate surface area is 125 Å². The van der Waals surface area contributed by atoms with Crippen LogP contribution in [-0.4, -0.2) is 9.78 Å². The first-order chi connectivity index (χ1) is 10.1. The highest BCUT2D eigenvalue weighted by molar-refractivity contribution is 5.27. The van der Waals surface area contributed by atoms with Gasteiger partial charge in [0.05, 0.1) is 11.7 Å². The number of hydrazine groups is 1. The zero-order valence-electron chi connectivity index (χ0n) is 12.9. The molecule has 0 aliphatic heterocycles. The fraction of sp³-hybridized carbons (Fsp3) is 0.438. The minimum absolute atomic E-state index is 0.133. The van der Waals surface area contributed by atoms with Crippen LogP contribution in [0.25, 0.3) is 0 Å². The van der Waals surface area contributed by atoms with Crippen LogP contribution >= 0.6 is 0 Å². The molecule has 1 atom stereocenters. The third-order valence-corrected chi connectivity index (χ3v) is 3.79. The van der Waals surface area contributed by atoms with Gasteiger partial charge in [-0.1, -0.05) is 19.1 Å². The summed E-state index contributed by atoms with van der Waals surface area (Å²) >= 11 is 0. The summed E-state index contributed by atoms with van der Waals surface area (Å²) in [6.07, 6.45) is 1.58. The van der Waals surface area contributed by atoms with Crippen molar-refractivity contribution >= 4 is 0 Å². The summed E-state index contributed by atoms with van der Waals surface area (Å²) < 4.78 is 15.7. The average molecular weight is 290 g/mol. The van der Waals surface area contributed by atoms with E-state index in [9.17, 15) is 4.39 Å². The van der Waals surface area contributed by atoms with Gasteiger partial charge in [-0.3, -0.25) is 16.0 Å². The molecule has 1 aromatic heterocycles. The standard InChI is InChI=1S/C16H23FN4/c1-4-13-9-14(21(5-2)20-13)10-16(19-18)12-7-6-11(3)15(17)8-12/h6-9,16,19H,4-5,10,18H2,1-3H3. The van der Waals surface area contributed by atoms with E-state index >= 15 is 0 Å². The average Bonchev–Trinajstić information content (AvgIpc) is 2.90. The van der Waals surface area contributed by atoms with Crippen LogP contribution in [0.1, 0.15) is 42.4 Å². The molecule has 114 valence electrons. The molecule has 0 aliphatic rings. The molecule has 2 aromatic rings. The first-order valence-electron chi connectivity index (χ1n) is 7.36. The summed E-state index contributed by atoms with van der Waals surface area (Å²) in [5.74, 6) is 5.47. The molecule has 0 radical (unpaired) electrons. The highest BCUT2D eigenvalue weighted by atomic mass is 19.1. The molecule has 0 aliphatic carbocycles. The molecular formula is C16H23FN4. The quantitative estimate of drug-likeness (QED) is 0.635. The van der Waals surface area contributed by atoms with E-state index in [0.717, 1.165) is 29.9 Å². The van der Waals surface area contributed by atoms with E-state index < -0.39 is 0 Å². The maximum absolute atomic E-state index is 13.7. The van der Waals surface area contributed by atoms with Gasteiger partial charge < -0.3 is 0 Å². The number of rotatable bonds is 6. The summed E-state index contributed by atoms with van der Waals surface area (Å²) in [6, 6.07) is 7.21. The SMILES string of the molecule is CCc1cc(CC(NN)c2ccc(C)c(F)c2)n(CC)n1. The van der Waals surface area contributed by atoms with Gasteiger partial charge in [0.1, 0.15) is 5.82 Å². The number of hydrogen-bond acceptors (Lipinski definition) is 3. The van der Waals surface area contributed by atoms with Gasteiger partial charge in [0, 0.05) is 18.7 Å². The molecule has 0 saturated carbocycles. The summed E-state index contributed by atoms with van der Waals surface area (Å²) in [6.45, 7) is 6.71. The second kappa shape index (κ2) is 6.83. The predicted octanol–water partition coefficient (Wildman–Crippen LogP) is 2.66. The highest BCUT2D eigenvalue weighted by Gasteiger charge is 2.15. The van der Waals surface area contributed by atoms with Crippen molar-refractivity contribution in [2.24, 2.45) is 5.84 Å². The van der Waals surface area contributed by atoms with E-state index in [4.69, 9.17) is 5.84 Å². The van der Waals surface area contributed by atoms with Crippen LogP contribution in [0, 0.1) is 12.7 Å². The van der Waals surface area contributed by atoms with Crippen LogP contribution in [0.2, 0.25) is 0 Å².